The Morgan fingerprint density at radius 2 is 2.07 bits per heavy atom. The summed E-state index contributed by atoms with van der Waals surface area (Å²) in [4.78, 5) is 24.9. The van der Waals surface area contributed by atoms with E-state index in [0.717, 1.165) is 64.4 Å². The lowest BCUT2D eigenvalue weighted by Gasteiger charge is -2.18. The summed E-state index contributed by atoms with van der Waals surface area (Å²) in [6.07, 6.45) is 5.14. The number of hydrogen-bond donors (Lipinski definition) is 2. The third-order valence-electron chi connectivity index (χ3n) is 5.15. The summed E-state index contributed by atoms with van der Waals surface area (Å²) in [5.74, 6) is 0.854. The van der Waals surface area contributed by atoms with Crippen LogP contribution in [-0.4, -0.2) is 44.1 Å². The third kappa shape index (κ3) is 3.41. The smallest absolute Gasteiger partial charge is 0.196 e. The molecule has 1 unspecified atom stereocenters. The molecule has 3 aromatic heterocycles. The Morgan fingerprint density at radius 1 is 1.24 bits per heavy atom. The zero-order chi connectivity index (χ0) is 20.0. The molecule has 3 N–H and O–H groups in total. The number of nitrogens with two attached hydrogens (primary N) is 1. The van der Waals surface area contributed by atoms with Crippen LogP contribution < -0.4 is 10.6 Å². The largest absolute Gasteiger partial charge is 0.354 e. The summed E-state index contributed by atoms with van der Waals surface area (Å²) in [6.45, 7) is 3.71. The highest BCUT2D eigenvalue weighted by atomic mass is 35.5. The molecule has 1 atom stereocenters. The second-order valence-corrected chi connectivity index (χ2v) is 8.55. The molecule has 148 valence electrons. The van der Waals surface area contributed by atoms with Crippen molar-refractivity contribution in [2.45, 2.75) is 35.9 Å². The van der Waals surface area contributed by atoms with Gasteiger partial charge in [0.15, 0.2) is 5.16 Å². The van der Waals surface area contributed by atoms with Crippen LogP contribution in [-0.2, 0) is 6.42 Å². The van der Waals surface area contributed by atoms with Crippen molar-refractivity contribution in [1.82, 2.24) is 24.9 Å². The zero-order valence-electron chi connectivity index (χ0n) is 15.9. The van der Waals surface area contributed by atoms with Gasteiger partial charge < -0.3 is 15.6 Å². The van der Waals surface area contributed by atoms with Crippen LogP contribution in [0.15, 0.2) is 40.6 Å². The molecule has 1 aliphatic rings. The number of nitrogens with zero attached hydrogens (tertiary/aromatic N) is 5. The molecule has 0 radical (unpaired) electrons. The Balaban J connectivity index is 1.59. The highest BCUT2D eigenvalue weighted by Gasteiger charge is 2.26. The number of aromatic amines is 1. The van der Waals surface area contributed by atoms with Crippen molar-refractivity contribution in [2.75, 3.05) is 18.0 Å². The molecule has 0 saturated carbocycles. The molecule has 0 bridgehead atoms. The number of anilines is 1. The molecule has 29 heavy (non-hydrogen) atoms. The van der Waals surface area contributed by atoms with Crippen LogP contribution in [0.5, 0.6) is 0 Å². The molecular formula is C20H20ClN7S. The van der Waals surface area contributed by atoms with E-state index in [4.69, 9.17) is 27.3 Å². The van der Waals surface area contributed by atoms with Crippen LogP contribution in [0.25, 0.3) is 22.1 Å². The number of fused-ring (bicyclic) bond motifs is 2. The average Bonchev–Trinajstić information content (AvgIpc) is 3.30. The van der Waals surface area contributed by atoms with Crippen LogP contribution in [0.1, 0.15) is 19.0 Å². The maximum Gasteiger partial charge on any atom is 0.196 e. The second kappa shape index (κ2) is 7.44. The van der Waals surface area contributed by atoms with Gasteiger partial charge in [-0.05, 0) is 42.8 Å². The first-order valence-corrected chi connectivity index (χ1v) is 10.8. The zero-order valence-corrected chi connectivity index (χ0v) is 17.5. The second-order valence-electron chi connectivity index (χ2n) is 7.13. The van der Waals surface area contributed by atoms with Gasteiger partial charge in [-0.3, -0.25) is 9.97 Å². The van der Waals surface area contributed by atoms with E-state index < -0.39 is 0 Å². The van der Waals surface area contributed by atoms with Crippen molar-refractivity contribution in [3.63, 3.8) is 0 Å². The number of H-pyrrole nitrogens is 1. The lowest BCUT2D eigenvalue weighted by atomic mass is 10.3. The summed E-state index contributed by atoms with van der Waals surface area (Å²) in [7, 11) is 0. The molecule has 4 aromatic rings. The number of hydrogen-bond acceptors (Lipinski definition) is 7. The lowest BCUT2D eigenvalue weighted by Crippen LogP contribution is -2.27. The topological polar surface area (TPSA) is 96.6 Å². The SMILES string of the molecule is CCc1[nH]c2nc(Sc3ccc4nccnc4c3)nc(N3CCC(N)C3)c2c1Cl. The van der Waals surface area contributed by atoms with Gasteiger partial charge in [-0.15, -0.1) is 0 Å². The van der Waals surface area contributed by atoms with Crippen molar-refractivity contribution < 1.29 is 0 Å². The number of aryl methyl sites for hydroxylation is 1. The van der Waals surface area contributed by atoms with Gasteiger partial charge in [0.05, 0.1) is 21.4 Å². The number of benzene rings is 1. The molecule has 1 aromatic carbocycles. The van der Waals surface area contributed by atoms with E-state index >= 15 is 0 Å². The fraction of sp³-hybridized carbons (Fsp3) is 0.300. The molecular weight excluding hydrogens is 406 g/mol. The normalized spacial score (nSPS) is 16.9. The first-order chi connectivity index (χ1) is 14.1. The van der Waals surface area contributed by atoms with Crippen LogP contribution >= 0.6 is 23.4 Å². The predicted octanol–water partition coefficient (Wildman–Crippen LogP) is 3.81. The number of nitrogens with one attached hydrogen (secondary N) is 1. The molecule has 1 fully saturated rings. The van der Waals surface area contributed by atoms with Crippen LogP contribution in [0.3, 0.4) is 0 Å². The van der Waals surface area contributed by atoms with Crippen molar-refractivity contribution in [2.24, 2.45) is 5.73 Å². The van der Waals surface area contributed by atoms with Crippen molar-refractivity contribution in [3.8, 4) is 0 Å². The molecule has 0 amide bonds. The van der Waals surface area contributed by atoms with E-state index in [-0.39, 0.29) is 6.04 Å². The summed E-state index contributed by atoms with van der Waals surface area (Å²) in [6, 6.07) is 6.13. The molecule has 9 heteroatoms. The van der Waals surface area contributed by atoms with Gasteiger partial charge in [0.1, 0.15) is 11.5 Å². The third-order valence-corrected chi connectivity index (χ3v) is 6.42. The van der Waals surface area contributed by atoms with Crippen LogP contribution in [0, 0.1) is 0 Å². The summed E-state index contributed by atoms with van der Waals surface area (Å²) in [5.41, 5.74) is 9.60. The fourth-order valence-corrected chi connectivity index (χ4v) is 4.82. The lowest BCUT2D eigenvalue weighted by molar-refractivity contribution is 0.751. The number of aromatic nitrogens is 5. The Morgan fingerprint density at radius 3 is 2.83 bits per heavy atom. The van der Waals surface area contributed by atoms with Gasteiger partial charge in [0.2, 0.25) is 0 Å². The average molecular weight is 426 g/mol. The van der Waals surface area contributed by atoms with E-state index in [0.29, 0.717) is 10.2 Å². The minimum atomic E-state index is 0.151. The van der Waals surface area contributed by atoms with E-state index in [1.165, 1.54) is 11.8 Å². The Labute approximate surface area is 177 Å². The Bertz CT molecular complexity index is 1210. The van der Waals surface area contributed by atoms with E-state index in [2.05, 4.69) is 26.8 Å². The highest BCUT2D eigenvalue weighted by molar-refractivity contribution is 7.99. The molecule has 1 saturated heterocycles. The van der Waals surface area contributed by atoms with Gasteiger partial charge in [-0.2, -0.15) is 0 Å². The Kier molecular flexibility index (Phi) is 4.77. The van der Waals surface area contributed by atoms with E-state index in [9.17, 15) is 0 Å². The maximum atomic E-state index is 6.66. The summed E-state index contributed by atoms with van der Waals surface area (Å²) >= 11 is 8.17. The van der Waals surface area contributed by atoms with Crippen molar-refractivity contribution >= 4 is 51.2 Å². The highest BCUT2D eigenvalue weighted by Crippen LogP contribution is 2.37. The molecule has 0 aliphatic carbocycles. The summed E-state index contributed by atoms with van der Waals surface area (Å²) in [5, 5.41) is 2.25. The molecule has 5 rings (SSSR count). The van der Waals surface area contributed by atoms with Gasteiger partial charge >= 0.3 is 0 Å². The summed E-state index contributed by atoms with van der Waals surface area (Å²) < 4.78 is 0. The van der Waals surface area contributed by atoms with Crippen LogP contribution in [0.2, 0.25) is 5.02 Å². The first-order valence-electron chi connectivity index (χ1n) is 9.59. The minimum Gasteiger partial charge on any atom is -0.354 e. The number of halogens is 1. The van der Waals surface area contributed by atoms with Gasteiger partial charge in [0, 0.05) is 42.1 Å². The molecule has 1 aliphatic heterocycles. The quantitative estimate of drug-likeness (QED) is 0.480. The van der Waals surface area contributed by atoms with Gasteiger partial charge in [0.25, 0.3) is 0 Å². The van der Waals surface area contributed by atoms with Gasteiger partial charge in [-0.25, -0.2) is 9.97 Å². The minimum absolute atomic E-state index is 0.151. The monoisotopic (exact) mass is 425 g/mol. The van der Waals surface area contributed by atoms with Gasteiger partial charge in [-0.1, -0.05) is 18.5 Å². The van der Waals surface area contributed by atoms with Crippen molar-refractivity contribution in [1.29, 1.82) is 0 Å². The maximum absolute atomic E-state index is 6.66. The van der Waals surface area contributed by atoms with E-state index in [1.54, 1.807) is 12.4 Å². The first kappa shape index (κ1) is 18.6. The predicted molar refractivity (Wildman–Crippen MR) is 117 cm³/mol. The van der Waals surface area contributed by atoms with E-state index in [1.807, 2.05) is 18.2 Å². The standard InChI is InChI=1S/C20H20ClN7S/c1-2-13-17(21)16-18(25-13)26-20(27-19(16)28-8-5-11(22)10-28)29-12-3-4-14-15(9-12)24-7-6-23-14/h3-4,6-7,9,11H,2,5,8,10,22H2,1H3,(H,25,26,27). The Hall–Kier alpha value is -2.42. The number of rotatable bonds is 4. The molecule has 0 spiro atoms. The van der Waals surface area contributed by atoms with Crippen LogP contribution in [0.4, 0.5) is 5.82 Å². The fourth-order valence-electron chi connectivity index (χ4n) is 3.68. The van der Waals surface area contributed by atoms with Crippen molar-refractivity contribution in [3.05, 3.63) is 41.3 Å². The molecule has 4 heterocycles. The molecule has 7 nitrogen and oxygen atoms in total.